The van der Waals surface area contributed by atoms with Gasteiger partial charge in [-0.1, -0.05) is 32.0 Å². The van der Waals surface area contributed by atoms with Gasteiger partial charge in [-0.05, 0) is 41.1 Å². The van der Waals surface area contributed by atoms with E-state index in [0.29, 0.717) is 36.7 Å². The molecular formula is C24H28N2O4. The molecule has 0 atom stereocenters. The number of nitrogens with one attached hydrogen (secondary N) is 1. The molecule has 158 valence electrons. The van der Waals surface area contributed by atoms with Crippen molar-refractivity contribution < 1.29 is 19.1 Å². The van der Waals surface area contributed by atoms with Gasteiger partial charge in [-0.3, -0.25) is 4.79 Å². The summed E-state index contributed by atoms with van der Waals surface area (Å²) in [7, 11) is 2.94. The van der Waals surface area contributed by atoms with Crippen LogP contribution in [0.1, 0.15) is 35.3 Å². The first-order valence-electron chi connectivity index (χ1n) is 10.0. The fourth-order valence-electron chi connectivity index (χ4n) is 3.35. The monoisotopic (exact) mass is 408 g/mol. The number of rotatable bonds is 8. The normalized spacial score (nSPS) is 11.0. The second kappa shape index (κ2) is 9.48. The zero-order valence-corrected chi connectivity index (χ0v) is 17.9. The van der Waals surface area contributed by atoms with E-state index in [4.69, 9.17) is 9.47 Å². The Bertz CT molecular complexity index is 1050. The minimum atomic E-state index is -0.397. The molecule has 2 aromatic carbocycles. The van der Waals surface area contributed by atoms with E-state index in [1.54, 1.807) is 19.2 Å². The van der Waals surface area contributed by atoms with Crippen molar-refractivity contribution >= 4 is 22.8 Å². The molecule has 3 rings (SSSR count). The van der Waals surface area contributed by atoms with E-state index in [2.05, 4.69) is 29.8 Å². The van der Waals surface area contributed by atoms with E-state index >= 15 is 0 Å². The van der Waals surface area contributed by atoms with Gasteiger partial charge in [0.15, 0.2) is 0 Å². The molecule has 30 heavy (non-hydrogen) atoms. The maximum Gasteiger partial charge on any atom is 0.337 e. The number of hydrogen-bond donors (Lipinski definition) is 1. The molecule has 1 amide bonds. The van der Waals surface area contributed by atoms with Crippen molar-refractivity contribution in [1.29, 1.82) is 0 Å². The average molecular weight is 408 g/mol. The molecule has 6 nitrogen and oxygen atoms in total. The number of methoxy groups -OCH3 is 2. The summed E-state index contributed by atoms with van der Waals surface area (Å²) >= 11 is 0. The highest BCUT2D eigenvalue weighted by Gasteiger charge is 2.12. The molecule has 0 bridgehead atoms. The van der Waals surface area contributed by atoms with Gasteiger partial charge in [-0.2, -0.15) is 0 Å². The predicted octanol–water partition coefficient (Wildman–Crippen LogP) is 3.80. The summed E-state index contributed by atoms with van der Waals surface area (Å²) in [5.74, 6) is 0.686. The van der Waals surface area contributed by atoms with Gasteiger partial charge < -0.3 is 19.4 Å². The van der Waals surface area contributed by atoms with Gasteiger partial charge in [0.2, 0.25) is 5.91 Å². The molecule has 0 unspecified atom stereocenters. The van der Waals surface area contributed by atoms with Crippen molar-refractivity contribution in [2.45, 2.75) is 26.8 Å². The molecule has 0 aliphatic carbocycles. The summed E-state index contributed by atoms with van der Waals surface area (Å²) in [6, 6.07) is 13.4. The Morgan fingerprint density at radius 3 is 2.57 bits per heavy atom. The highest BCUT2D eigenvalue weighted by atomic mass is 16.5. The van der Waals surface area contributed by atoms with E-state index in [1.807, 2.05) is 30.5 Å². The van der Waals surface area contributed by atoms with Crippen LogP contribution in [0.3, 0.4) is 0 Å². The molecule has 0 radical (unpaired) electrons. The molecule has 0 saturated heterocycles. The van der Waals surface area contributed by atoms with Crippen LogP contribution in [0.2, 0.25) is 0 Å². The molecule has 0 fully saturated rings. The van der Waals surface area contributed by atoms with E-state index in [0.717, 1.165) is 22.0 Å². The SMILES string of the molecule is COC(=O)c1ccc(Cn2ccc3ccc(CC(=O)NCC(C)C)cc32)c(OC)c1. The molecule has 1 aromatic heterocycles. The topological polar surface area (TPSA) is 69.6 Å². The molecule has 0 spiro atoms. The molecule has 1 N–H and O–H groups in total. The van der Waals surface area contributed by atoms with Crippen molar-refractivity contribution in [2.24, 2.45) is 5.92 Å². The van der Waals surface area contributed by atoms with Crippen LogP contribution in [0.5, 0.6) is 5.75 Å². The lowest BCUT2D eigenvalue weighted by Gasteiger charge is -2.12. The van der Waals surface area contributed by atoms with Gasteiger partial charge in [0.1, 0.15) is 5.75 Å². The lowest BCUT2D eigenvalue weighted by atomic mass is 10.1. The molecule has 1 heterocycles. The van der Waals surface area contributed by atoms with Gasteiger partial charge in [0.05, 0.1) is 32.7 Å². The van der Waals surface area contributed by atoms with Gasteiger partial charge in [0, 0.05) is 23.8 Å². The first kappa shape index (κ1) is 21.4. The van der Waals surface area contributed by atoms with Crippen LogP contribution in [0.25, 0.3) is 10.9 Å². The fourth-order valence-corrected chi connectivity index (χ4v) is 3.35. The Kier molecular flexibility index (Phi) is 6.77. The third kappa shape index (κ3) is 5.00. The lowest BCUT2D eigenvalue weighted by Crippen LogP contribution is -2.28. The third-order valence-corrected chi connectivity index (χ3v) is 4.96. The van der Waals surface area contributed by atoms with E-state index in [1.165, 1.54) is 7.11 Å². The van der Waals surface area contributed by atoms with Crippen molar-refractivity contribution in [3.63, 3.8) is 0 Å². The van der Waals surface area contributed by atoms with E-state index in [9.17, 15) is 9.59 Å². The number of carbonyl (C=O) groups is 2. The van der Waals surface area contributed by atoms with Crippen LogP contribution >= 0.6 is 0 Å². The van der Waals surface area contributed by atoms with Crippen LogP contribution in [0.15, 0.2) is 48.7 Å². The van der Waals surface area contributed by atoms with Crippen LogP contribution < -0.4 is 10.1 Å². The standard InChI is InChI=1S/C24H28N2O4/c1-16(2)14-25-23(27)12-17-5-6-18-9-10-26(21(18)11-17)15-20-8-7-19(24(28)30-4)13-22(20)29-3/h5-11,13,16H,12,14-15H2,1-4H3,(H,25,27). The Morgan fingerprint density at radius 1 is 1.07 bits per heavy atom. The number of fused-ring (bicyclic) bond motifs is 1. The number of amides is 1. The lowest BCUT2D eigenvalue weighted by molar-refractivity contribution is -0.120. The van der Waals surface area contributed by atoms with Crippen LogP contribution in [0, 0.1) is 5.92 Å². The van der Waals surface area contributed by atoms with Crippen LogP contribution in [0.4, 0.5) is 0 Å². The number of hydrogen-bond acceptors (Lipinski definition) is 4. The number of aromatic nitrogens is 1. The first-order chi connectivity index (χ1) is 14.4. The molecular weight excluding hydrogens is 380 g/mol. The van der Waals surface area contributed by atoms with Gasteiger partial charge in [-0.25, -0.2) is 4.79 Å². The molecule has 0 aliphatic rings. The summed E-state index contributed by atoms with van der Waals surface area (Å²) in [5, 5.41) is 4.06. The van der Waals surface area contributed by atoms with Crippen molar-refractivity contribution in [2.75, 3.05) is 20.8 Å². The molecule has 0 saturated carbocycles. The number of nitrogens with zero attached hydrogens (tertiary/aromatic N) is 1. The Hall–Kier alpha value is -3.28. The van der Waals surface area contributed by atoms with E-state index in [-0.39, 0.29) is 5.91 Å². The third-order valence-electron chi connectivity index (χ3n) is 4.96. The summed E-state index contributed by atoms with van der Waals surface area (Å²) in [6.07, 6.45) is 2.37. The molecule has 6 heteroatoms. The highest BCUT2D eigenvalue weighted by molar-refractivity contribution is 5.90. The Balaban J connectivity index is 1.83. The average Bonchev–Trinajstić information content (AvgIpc) is 3.14. The summed E-state index contributed by atoms with van der Waals surface area (Å²) < 4.78 is 12.4. The second-order valence-electron chi connectivity index (χ2n) is 7.73. The second-order valence-corrected chi connectivity index (χ2v) is 7.73. The summed E-state index contributed by atoms with van der Waals surface area (Å²) in [6.45, 7) is 5.41. The van der Waals surface area contributed by atoms with Crippen molar-refractivity contribution in [1.82, 2.24) is 9.88 Å². The number of carbonyl (C=O) groups excluding carboxylic acids is 2. The number of ether oxygens (including phenoxy) is 2. The zero-order chi connectivity index (χ0) is 21.7. The summed E-state index contributed by atoms with van der Waals surface area (Å²) in [5.41, 5.74) is 3.41. The Morgan fingerprint density at radius 2 is 1.87 bits per heavy atom. The van der Waals surface area contributed by atoms with E-state index < -0.39 is 5.97 Å². The zero-order valence-electron chi connectivity index (χ0n) is 17.9. The van der Waals surface area contributed by atoms with Crippen molar-refractivity contribution in [3.05, 3.63) is 65.4 Å². The van der Waals surface area contributed by atoms with Crippen molar-refractivity contribution in [3.8, 4) is 5.75 Å². The summed E-state index contributed by atoms with van der Waals surface area (Å²) in [4.78, 5) is 24.0. The number of benzene rings is 2. The number of esters is 1. The van der Waals surface area contributed by atoms with Gasteiger partial charge in [0.25, 0.3) is 0 Å². The quantitative estimate of drug-likeness (QED) is 0.576. The maximum absolute atomic E-state index is 12.2. The predicted molar refractivity (Wildman–Crippen MR) is 117 cm³/mol. The molecule has 0 aliphatic heterocycles. The van der Waals surface area contributed by atoms with Crippen LogP contribution in [-0.2, 0) is 22.5 Å². The van der Waals surface area contributed by atoms with Gasteiger partial charge >= 0.3 is 5.97 Å². The fraction of sp³-hybridized carbons (Fsp3) is 0.333. The smallest absolute Gasteiger partial charge is 0.337 e. The van der Waals surface area contributed by atoms with Crippen LogP contribution in [-0.4, -0.2) is 37.2 Å². The Labute approximate surface area is 176 Å². The largest absolute Gasteiger partial charge is 0.496 e. The first-order valence-corrected chi connectivity index (χ1v) is 10.0. The van der Waals surface area contributed by atoms with Gasteiger partial charge in [-0.15, -0.1) is 0 Å². The molecule has 3 aromatic rings. The minimum Gasteiger partial charge on any atom is -0.496 e. The minimum absolute atomic E-state index is 0.0289. The highest BCUT2D eigenvalue weighted by Crippen LogP contribution is 2.25. The maximum atomic E-state index is 12.2.